The van der Waals surface area contributed by atoms with E-state index in [1.165, 1.54) is 9.71 Å². The summed E-state index contributed by atoms with van der Waals surface area (Å²) in [5, 5.41) is 5.82. The Labute approximate surface area is 215 Å². The van der Waals surface area contributed by atoms with E-state index in [-0.39, 0.29) is 18.5 Å². The largest absolute Gasteiger partial charge is 0.461 e. The number of fused-ring (bicyclic) bond motifs is 1. The number of halogens is 1. The molecule has 1 aliphatic rings. The number of carbonyl (C=O) groups excluding carboxylic acids is 1. The van der Waals surface area contributed by atoms with Crippen LogP contribution in [0.5, 0.6) is 0 Å². The third kappa shape index (κ3) is 5.54. The maximum atomic E-state index is 13.1. The predicted octanol–water partition coefficient (Wildman–Crippen LogP) is 5.48. The number of hydrogen-bond acceptors (Lipinski definition) is 4. The SMILES string of the molecule is O=C(NC1CCN(S(=O)(=O)C=Cc2ccc(Cl)cc2)C1)c1ccccc1Cc1cc2ccccc2o1. The van der Waals surface area contributed by atoms with E-state index in [1.54, 1.807) is 36.4 Å². The molecular formula is C28H25ClN2O4S. The molecule has 184 valence electrons. The van der Waals surface area contributed by atoms with E-state index in [1.807, 2.05) is 48.5 Å². The number of rotatable bonds is 7. The minimum Gasteiger partial charge on any atom is -0.461 e. The molecule has 1 unspecified atom stereocenters. The van der Waals surface area contributed by atoms with Crippen LogP contribution in [0.4, 0.5) is 0 Å². The minimum atomic E-state index is -3.61. The van der Waals surface area contributed by atoms with Crippen LogP contribution in [-0.2, 0) is 16.4 Å². The van der Waals surface area contributed by atoms with Crippen LogP contribution in [-0.4, -0.2) is 37.8 Å². The highest BCUT2D eigenvalue weighted by Crippen LogP contribution is 2.23. The van der Waals surface area contributed by atoms with Gasteiger partial charge < -0.3 is 9.73 Å². The molecule has 1 aromatic heterocycles. The van der Waals surface area contributed by atoms with Gasteiger partial charge >= 0.3 is 0 Å². The number of amides is 1. The first-order chi connectivity index (χ1) is 17.4. The predicted molar refractivity (Wildman–Crippen MR) is 142 cm³/mol. The van der Waals surface area contributed by atoms with Gasteiger partial charge in [0.25, 0.3) is 5.91 Å². The van der Waals surface area contributed by atoms with Crippen molar-refractivity contribution in [2.45, 2.75) is 18.9 Å². The first-order valence-electron chi connectivity index (χ1n) is 11.7. The van der Waals surface area contributed by atoms with E-state index in [2.05, 4.69) is 5.32 Å². The number of nitrogens with zero attached hydrogens (tertiary/aromatic N) is 1. The van der Waals surface area contributed by atoms with Crippen molar-refractivity contribution in [3.05, 3.63) is 112 Å². The molecular weight excluding hydrogens is 496 g/mol. The summed E-state index contributed by atoms with van der Waals surface area (Å²) in [6, 6.07) is 23.9. The van der Waals surface area contributed by atoms with Crippen molar-refractivity contribution < 1.29 is 17.6 Å². The van der Waals surface area contributed by atoms with Gasteiger partial charge in [0.1, 0.15) is 11.3 Å². The quantitative estimate of drug-likeness (QED) is 0.350. The number of para-hydroxylation sites is 1. The Morgan fingerprint density at radius 2 is 1.81 bits per heavy atom. The Balaban J connectivity index is 1.24. The molecule has 3 aromatic carbocycles. The fourth-order valence-corrected chi connectivity index (χ4v) is 5.75. The molecule has 0 aliphatic carbocycles. The highest BCUT2D eigenvalue weighted by Gasteiger charge is 2.31. The van der Waals surface area contributed by atoms with E-state index in [9.17, 15) is 13.2 Å². The van der Waals surface area contributed by atoms with Crippen LogP contribution in [0.1, 0.15) is 33.7 Å². The Hall–Kier alpha value is -3.39. The molecule has 36 heavy (non-hydrogen) atoms. The molecule has 1 aliphatic heterocycles. The molecule has 1 N–H and O–H groups in total. The molecule has 0 spiro atoms. The molecule has 4 aromatic rings. The molecule has 6 nitrogen and oxygen atoms in total. The van der Waals surface area contributed by atoms with E-state index >= 15 is 0 Å². The minimum absolute atomic E-state index is 0.220. The van der Waals surface area contributed by atoms with Crippen LogP contribution >= 0.6 is 11.6 Å². The highest BCUT2D eigenvalue weighted by atomic mass is 35.5. The molecule has 1 fully saturated rings. The number of hydrogen-bond donors (Lipinski definition) is 1. The number of sulfonamides is 1. The average Bonchev–Trinajstić information content (AvgIpc) is 3.51. The van der Waals surface area contributed by atoms with Gasteiger partial charge in [-0.2, -0.15) is 4.31 Å². The first-order valence-corrected chi connectivity index (χ1v) is 13.6. The molecule has 0 radical (unpaired) electrons. The van der Waals surface area contributed by atoms with Crippen molar-refractivity contribution >= 4 is 44.6 Å². The first kappa shape index (κ1) is 24.3. The van der Waals surface area contributed by atoms with Gasteiger partial charge in [0.05, 0.1) is 0 Å². The molecule has 8 heteroatoms. The molecule has 5 rings (SSSR count). The van der Waals surface area contributed by atoms with Crippen molar-refractivity contribution in [1.82, 2.24) is 9.62 Å². The van der Waals surface area contributed by atoms with Crippen molar-refractivity contribution in [3.63, 3.8) is 0 Å². The van der Waals surface area contributed by atoms with Gasteiger partial charge in [-0.05, 0) is 54.0 Å². The van der Waals surface area contributed by atoms with Crippen molar-refractivity contribution in [1.29, 1.82) is 0 Å². The topological polar surface area (TPSA) is 79.6 Å². The summed E-state index contributed by atoms with van der Waals surface area (Å²) in [6.07, 6.45) is 2.58. The second kappa shape index (κ2) is 10.3. The van der Waals surface area contributed by atoms with Crippen LogP contribution in [0.15, 0.2) is 88.7 Å². The smallest absolute Gasteiger partial charge is 0.251 e. The Morgan fingerprint density at radius 1 is 1.06 bits per heavy atom. The van der Waals surface area contributed by atoms with Gasteiger partial charge in [-0.15, -0.1) is 0 Å². The van der Waals surface area contributed by atoms with Gasteiger partial charge in [0.2, 0.25) is 10.0 Å². The zero-order valence-corrected chi connectivity index (χ0v) is 21.0. The number of carbonyl (C=O) groups is 1. The summed E-state index contributed by atoms with van der Waals surface area (Å²) in [5.74, 6) is 0.560. The zero-order chi connectivity index (χ0) is 25.1. The van der Waals surface area contributed by atoms with E-state index in [0.29, 0.717) is 30.0 Å². The van der Waals surface area contributed by atoms with Gasteiger partial charge in [-0.1, -0.05) is 60.1 Å². The molecule has 1 atom stereocenters. The third-order valence-electron chi connectivity index (χ3n) is 6.25. The Kier molecular flexibility index (Phi) is 6.96. The van der Waals surface area contributed by atoms with Gasteiger partial charge in [-0.3, -0.25) is 4.79 Å². The van der Waals surface area contributed by atoms with Crippen LogP contribution in [0, 0.1) is 0 Å². The van der Waals surface area contributed by atoms with Gasteiger partial charge in [0, 0.05) is 46.9 Å². The summed E-state index contributed by atoms with van der Waals surface area (Å²) < 4.78 is 32.9. The van der Waals surface area contributed by atoms with E-state index in [0.717, 1.165) is 27.9 Å². The lowest BCUT2D eigenvalue weighted by Crippen LogP contribution is -2.38. The van der Waals surface area contributed by atoms with E-state index in [4.69, 9.17) is 16.0 Å². The molecule has 0 saturated carbocycles. The zero-order valence-electron chi connectivity index (χ0n) is 19.4. The van der Waals surface area contributed by atoms with Crippen molar-refractivity contribution in [2.24, 2.45) is 0 Å². The van der Waals surface area contributed by atoms with Gasteiger partial charge in [0.15, 0.2) is 0 Å². The van der Waals surface area contributed by atoms with Crippen LogP contribution in [0.2, 0.25) is 5.02 Å². The maximum Gasteiger partial charge on any atom is 0.251 e. The lowest BCUT2D eigenvalue weighted by atomic mass is 10.0. The fraction of sp³-hybridized carbons (Fsp3) is 0.179. The van der Waals surface area contributed by atoms with Crippen LogP contribution in [0.3, 0.4) is 0 Å². The van der Waals surface area contributed by atoms with Crippen LogP contribution < -0.4 is 5.32 Å². The maximum absolute atomic E-state index is 13.1. The Morgan fingerprint density at radius 3 is 2.61 bits per heavy atom. The van der Waals surface area contributed by atoms with Crippen molar-refractivity contribution in [3.8, 4) is 0 Å². The van der Waals surface area contributed by atoms with E-state index < -0.39 is 10.0 Å². The Bertz CT molecular complexity index is 1490. The highest BCUT2D eigenvalue weighted by molar-refractivity contribution is 7.92. The third-order valence-corrected chi connectivity index (χ3v) is 8.04. The summed E-state index contributed by atoms with van der Waals surface area (Å²) >= 11 is 5.88. The summed E-state index contributed by atoms with van der Waals surface area (Å²) in [6.45, 7) is 0.573. The summed E-state index contributed by atoms with van der Waals surface area (Å²) in [5.41, 5.74) is 2.96. The number of furan rings is 1. The normalized spacial score (nSPS) is 16.6. The molecule has 1 amide bonds. The average molecular weight is 521 g/mol. The monoisotopic (exact) mass is 520 g/mol. The summed E-state index contributed by atoms with van der Waals surface area (Å²) in [7, 11) is -3.61. The molecule has 0 bridgehead atoms. The summed E-state index contributed by atoms with van der Waals surface area (Å²) in [4.78, 5) is 13.1. The fourth-order valence-electron chi connectivity index (χ4n) is 4.37. The standard InChI is InChI=1S/C28H25ClN2O4S/c29-23-11-9-20(10-12-23)14-16-36(33,34)31-15-13-24(19-31)30-28(32)26-7-3-1-5-21(26)17-25-18-22-6-2-4-8-27(22)35-25/h1-12,14,16,18,24H,13,15,17,19H2,(H,30,32). The second-order valence-corrected chi connectivity index (χ2v) is 11.1. The van der Waals surface area contributed by atoms with Crippen molar-refractivity contribution in [2.75, 3.05) is 13.1 Å². The molecule has 1 saturated heterocycles. The number of nitrogens with one attached hydrogen (secondary N) is 1. The van der Waals surface area contributed by atoms with Crippen LogP contribution in [0.25, 0.3) is 17.0 Å². The lowest BCUT2D eigenvalue weighted by Gasteiger charge is -2.16. The number of benzene rings is 3. The second-order valence-electron chi connectivity index (χ2n) is 8.80. The van der Waals surface area contributed by atoms with Gasteiger partial charge in [-0.25, -0.2) is 8.42 Å². The lowest BCUT2D eigenvalue weighted by molar-refractivity contribution is 0.0938. The molecule has 2 heterocycles.